The van der Waals surface area contributed by atoms with Crippen LogP contribution in [0.2, 0.25) is 15.1 Å². The minimum atomic E-state index is 0.686. The topological polar surface area (TPSA) is 0 Å². The fraction of sp³-hybridized carbons (Fsp3) is 0. The van der Waals surface area contributed by atoms with Crippen LogP contribution in [0.5, 0.6) is 0 Å². The molecule has 3 aromatic rings. The van der Waals surface area contributed by atoms with E-state index in [1.807, 2.05) is 42.5 Å². The lowest BCUT2D eigenvalue weighted by atomic mass is 10.0. The summed E-state index contributed by atoms with van der Waals surface area (Å²) in [5.41, 5.74) is 0. The molecule has 0 amide bonds. The summed E-state index contributed by atoms with van der Waals surface area (Å²) in [4.78, 5) is 0. The lowest BCUT2D eigenvalue weighted by Crippen LogP contribution is -1.81. The number of benzene rings is 3. The van der Waals surface area contributed by atoms with Crippen molar-refractivity contribution >= 4 is 56.3 Å². The molecule has 3 aromatic carbocycles. The van der Waals surface area contributed by atoms with E-state index in [0.717, 1.165) is 21.5 Å². The van der Waals surface area contributed by atoms with Gasteiger partial charge in [-0.1, -0.05) is 59.1 Å². The van der Waals surface area contributed by atoms with Crippen LogP contribution in [0.3, 0.4) is 0 Å². The summed E-state index contributed by atoms with van der Waals surface area (Å²) in [6.07, 6.45) is 0. The molecule has 0 bridgehead atoms. The summed E-state index contributed by atoms with van der Waals surface area (Å²) in [5, 5.41) is 5.84. The van der Waals surface area contributed by atoms with Gasteiger partial charge in [-0.15, -0.1) is 0 Å². The fourth-order valence-electron chi connectivity index (χ4n) is 2.04. The van der Waals surface area contributed by atoms with Gasteiger partial charge in [0.1, 0.15) is 0 Å². The van der Waals surface area contributed by atoms with Crippen LogP contribution >= 0.6 is 34.8 Å². The van der Waals surface area contributed by atoms with E-state index in [1.54, 1.807) is 0 Å². The van der Waals surface area contributed by atoms with Gasteiger partial charge in [-0.2, -0.15) is 0 Å². The molecule has 0 spiro atoms. The van der Waals surface area contributed by atoms with E-state index in [0.29, 0.717) is 15.1 Å². The second kappa shape index (κ2) is 4.06. The fourth-order valence-corrected chi connectivity index (χ4v) is 2.83. The maximum absolute atomic E-state index is 6.40. The van der Waals surface area contributed by atoms with E-state index in [9.17, 15) is 0 Å². The Balaban J connectivity index is 2.62. The molecule has 0 aliphatic rings. The van der Waals surface area contributed by atoms with Gasteiger partial charge >= 0.3 is 0 Å². The number of fused-ring (bicyclic) bond motifs is 2. The van der Waals surface area contributed by atoms with Gasteiger partial charge in [-0.05, 0) is 18.2 Å². The zero-order valence-corrected chi connectivity index (χ0v) is 10.9. The summed E-state index contributed by atoms with van der Waals surface area (Å²) in [6.45, 7) is 0. The van der Waals surface area contributed by atoms with Crippen LogP contribution in [0.25, 0.3) is 21.5 Å². The average molecular weight is 282 g/mol. The van der Waals surface area contributed by atoms with Crippen molar-refractivity contribution in [2.75, 3.05) is 0 Å². The van der Waals surface area contributed by atoms with Crippen LogP contribution in [0.4, 0.5) is 0 Å². The zero-order valence-electron chi connectivity index (χ0n) is 8.68. The van der Waals surface area contributed by atoms with Crippen LogP contribution in [0.15, 0.2) is 42.5 Å². The maximum atomic E-state index is 6.40. The molecule has 0 unspecified atom stereocenters. The molecule has 0 atom stereocenters. The Hall–Kier alpha value is -0.950. The SMILES string of the molecule is Clc1cccc2c(Cl)c3cccc(Cl)c3cc12. The van der Waals surface area contributed by atoms with E-state index in [4.69, 9.17) is 34.8 Å². The van der Waals surface area contributed by atoms with Crippen LogP contribution < -0.4 is 0 Å². The van der Waals surface area contributed by atoms with E-state index in [2.05, 4.69) is 0 Å². The molecular formula is C14H7Cl3. The van der Waals surface area contributed by atoms with E-state index >= 15 is 0 Å². The molecule has 0 saturated heterocycles. The van der Waals surface area contributed by atoms with E-state index < -0.39 is 0 Å². The first-order valence-corrected chi connectivity index (χ1v) is 6.27. The van der Waals surface area contributed by atoms with E-state index in [-0.39, 0.29) is 0 Å². The average Bonchev–Trinajstić information content (AvgIpc) is 2.32. The lowest BCUT2D eigenvalue weighted by Gasteiger charge is -2.08. The Morgan fingerprint density at radius 3 is 1.53 bits per heavy atom. The monoisotopic (exact) mass is 280 g/mol. The molecule has 0 aliphatic carbocycles. The first kappa shape index (κ1) is 11.2. The van der Waals surface area contributed by atoms with Gasteiger partial charge in [0.15, 0.2) is 0 Å². The first-order valence-electron chi connectivity index (χ1n) is 5.13. The van der Waals surface area contributed by atoms with Crippen molar-refractivity contribution in [3.63, 3.8) is 0 Å². The predicted octanol–water partition coefficient (Wildman–Crippen LogP) is 5.95. The van der Waals surface area contributed by atoms with E-state index in [1.165, 1.54) is 0 Å². The molecule has 0 aromatic heterocycles. The molecule has 0 aliphatic heterocycles. The van der Waals surface area contributed by atoms with Crippen LogP contribution in [-0.2, 0) is 0 Å². The normalized spacial score (nSPS) is 11.2. The summed E-state index contributed by atoms with van der Waals surface area (Å²) >= 11 is 18.8. The molecule has 0 radical (unpaired) electrons. The van der Waals surface area contributed by atoms with Gasteiger partial charge in [0.2, 0.25) is 0 Å². The van der Waals surface area contributed by atoms with Gasteiger partial charge in [-0.3, -0.25) is 0 Å². The maximum Gasteiger partial charge on any atom is 0.0563 e. The molecule has 0 nitrogen and oxygen atoms in total. The Morgan fingerprint density at radius 1 is 0.588 bits per heavy atom. The number of rotatable bonds is 0. The third-order valence-electron chi connectivity index (χ3n) is 2.87. The molecule has 3 heteroatoms. The molecule has 84 valence electrons. The van der Waals surface area contributed by atoms with Crippen LogP contribution in [0.1, 0.15) is 0 Å². The Bertz CT molecular complexity index is 672. The standard InChI is InChI=1S/C14H7Cl3/c15-12-5-1-3-8-10(12)7-11-9(14(8)17)4-2-6-13(11)16/h1-7H. The second-order valence-corrected chi connectivity index (χ2v) is 5.05. The van der Waals surface area contributed by atoms with Gasteiger partial charge < -0.3 is 0 Å². The number of hydrogen-bond donors (Lipinski definition) is 0. The van der Waals surface area contributed by atoms with Crippen LogP contribution in [-0.4, -0.2) is 0 Å². The zero-order chi connectivity index (χ0) is 12.0. The molecule has 0 fully saturated rings. The highest BCUT2D eigenvalue weighted by Crippen LogP contribution is 2.37. The Morgan fingerprint density at radius 2 is 1.06 bits per heavy atom. The van der Waals surface area contributed by atoms with Crippen molar-refractivity contribution in [3.8, 4) is 0 Å². The first-order chi connectivity index (χ1) is 8.18. The van der Waals surface area contributed by atoms with Crippen molar-refractivity contribution < 1.29 is 0 Å². The van der Waals surface area contributed by atoms with Crippen molar-refractivity contribution in [2.45, 2.75) is 0 Å². The second-order valence-electron chi connectivity index (χ2n) is 3.86. The lowest BCUT2D eigenvalue weighted by molar-refractivity contribution is 1.76. The van der Waals surface area contributed by atoms with Gasteiger partial charge in [0.25, 0.3) is 0 Å². The smallest absolute Gasteiger partial charge is 0.0563 e. The Labute approximate surface area is 114 Å². The van der Waals surface area contributed by atoms with Crippen molar-refractivity contribution in [1.29, 1.82) is 0 Å². The molecule has 0 N–H and O–H groups in total. The van der Waals surface area contributed by atoms with Crippen LogP contribution in [0, 0.1) is 0 Å². The number of halogens is 3. The molecule has 3 rings (SSSR count). The van der Waals surface area contributed by atoms with Gasteiger partial charge in [0, 0.05) is 31.6 Å². The largest absolute Gasteiger partial charge is 0.0837 e. The van der Waals surface area contributed by atoms with Gasteiger partial charge in [-0.25, -0.2) is 0 Å². The predicted molar refractivity (Wildman–Crippen MR) is 76.5 cm³/mol. The van der Waals surface area contributed by atoms with Crippen molar-refractivity contribution in [3.05, 3.63) is 57.5 Å². The molecular weight excluding hydrogens is 275 g/mol. The third-order valence-corrected chi connectivity index (χ3v) is 3.93. The summed E-state index contributed by atoms with van der Waals surface area (Å²) < 4.78 is 0. The third kappa shape index (κ3) is 1.68. The molecule has 0 saturated carbocycles. The summed E-state index contributed by atoms with van der Waals surface area (Å²) in [6, 6.07) is 13.4. The highest BCUT2D eigenvalue weighted by molar-refractivity contribution is 6.45. The van der Waals surface area contributed by atoms with Crippen molar-refractivity contribution in [1.82, 2.24) is 0 Å². The summed E-state index contributed by atoms with van der Waals surface area (Å²) in [5.74, 6) is 0. The minimum absolute atomic E-state index is 0.686. The van der Waals surface area contributed by atoms with Crippen molar-refractivity contribution in [2.24, 2.45) is 0 Å². The highest BCUT2D eigenvalue weighted by Gasteiger charge is 2.09. The highest BCUT2D eigenvalue weighted by atomic mass is 35.5. The number of hydrogen-bond acceptors (Lipinski definition) is 0. The van der Waals surface area contributed by atoms with Gasteiger partial charge in [0.05, 0.1) is 5.02 Å². The summed E-state index contributed by atoms with van der Waals surface area (Å²) in [7, 11) is 0. The Kier molecular flexibility index (Phi) is 2.67. The quantitative estimate of drug-likeness (QED) is 0.446. The molecule has 17 heavy (non-hydrogen) atoms. The molecule has 0 heterocycles. The minimum Gasteiger partial charge on any atom is -0.0837 e.